The maximum Gasteiger partial charge on any atom is 0.268 e. The molecule has 2 aromatic heterocycles. The highest BCUT2D eigenvalue weighted by Crippen LogP contribution is 2.37. The minimum atomic E-state index is 0.0730. The number of nitrogens with zero attached hydrogens (tertiary/aromatic N) is 3. The first-order valence-electron chi connectivity index (χ1n) is 10.9. The van der Waals surface area contributed by atoms with Gasteiger partial charge in [-0.05, 0) is 56.4 Å². The van der Waals surface area contributed by atoms with Gasteiger partial charge in [-0.1, -0.05) is 31.4 Å². The molecule has 5 nitrogen and oxygen atoms in total. The fraction of sp³-hybridized carbons (Fsp3) is 0.458. The molecule has 0 saturated heterocycles. The molecule has 0 unspecified atom stereocenters. The number of thiophene rings is 1. The van der Waals surface area contributed by atoms with Gasteiger partial charge in [0, 0.05) is 24.0 Å². The van der Waals surface area contributed by atoms with E-state index in [1.165, 1.54) is 32.1 Å². The molecule has 5 rings (SSSR count). The van der Waals surface area contributed by atoms with E-state index in [0.717, 1.165) is 44.0 Å². The van der Waals surface area contributed by atoms with Gasteiger partial charge in [-0.15, -0.1) is 11.3 Å². The highest BCUT2D eigenvalue weighted by molar-refractivity contribution is 7.20. The third-order valence-electron chi connectivity index (χ3n) is 6.44. The summed E-state index contributed by atoms with van der Waals surface area (Å²) in [6, 6.07) is 8.55. The molecule has 1 fully saturated rings. The van der Waals surface area contributed by atoms with Gasteiger partial charge in [0.25, 0.3) is 5.91 Å². The molecule has 3 aromatic rings. The van der Waals surface area contributed by atoms with E-state index >= 15 is 0 Å². The first-order chi connectivity index (χ1) is 14.5. The number of carbonyl (C=O) groups is 2. The van der Waals surface area contributed by atoms with Crippen molar-refractivity contribution in [3.63, 3.8) is 0 Å². The van der Waals surface area contributed by atoms with Crippen LogP contribution in [0.1, 0.15) is 71.6 Å². The van der Waals surface area contributed by atoms with Crippen molar-refractivity contribution in [2.45, 2.75) is 64.8 Å². The number of carbonyl (C=O) groups excluding carboxylic acids is 2. The van der Waals surface area contributed by atoms with Crippen LogP contribution in [0, 0.1) is 6.92 Å². The second kappa shape index (κ2) is 7.65. The van der Waals surface area contributed by atoms with E-state index in [1.54, 1.807) is 18.3 Å². The van der Waals surface area contributed by atoms with E-state index in [2.05, 4.69) is 10.7 Å². The van der Waals surface area contributed by atoms with Crippen LogP contribution in [0.5, 0.6) is 0 Å². The summed E-state index contributed by atoms with van der Waals surface area (Å²) in [5.41, 5.74) is 4.19. The molecule has 156 valence electrons. The van der Waals surface area contributed by atoms with Gasteiger partial charge in [0.15, 0.2) is 0 Å². The van der Waals surface area contributed by atoms with E-state index < -0.39 is 0 Å². The number of anilines is 1. The number of fused-ring (bicyclic) bond motifs is 2. The molecule has 1 amide bonds. The van der Waals surface area contributed by atoms with Crippen LogP contribution in [0.25, 0.3) is 10.2 Å². The monoisotopic (exact) mass is 421 g/mol. The van der Waals surface area contributed by atoms with Gasteiger partial charge in [-0.3, -0.25) is 14.3 Å². The maximum atomic E-state index is 13.4. The zero-order valence-corrected chi connectivity index (χ0v) is 18.4. The zero-order valence-electron chi connectivity index (χ0n) is 17.6. The standard InChI is InChI=1S/C24H27N3O2S/c1-15(28)12-17-8-9-21-18(13-17)10-11-26(21)23(29)22-14-20-16(2)25-27(24(20)30-22)19-6-4-3-5-7-19/h8-9,13-14,19H,3-7,10-12H2,1-2H3. The minimum Gasteiger partial charge on any atom is -0.307 e. The Bertz CT molecular complexity index is 1140. The molecular weight excluding hydrogens is 394 g/mol. The summed E-state index contributed by atoms with van der Waals surface area (Å²) >= 11 is 1.58. The zero-order chi connectivity index (χ0) is 20.8. The molecule has 0 N–H and O–H groups in total. The van der Waals surface area contributed by atoms with Crippen LogP contribution in [-0.2, 0) is 17.6 Å². The van der Waals surface area contributed by atoms with Crippen molar-refractivity contribution in [1.29, 1.82) is 0 Å². The lowest BCUT2D eigenvalue weighted by Gasteiger charge is -2.22. The number of amides is 1. The van der Waals surface area contributed by atoms with Crippen molar-refractivity contribution in [3.8, 4) is 0 Å². The average molecular weight is 422 g/mol. The molecular formula is C24H27N3O2S. The lowest BCUT2D eigenvalue weighted by molar-refractivity contribution is -0.116. The molecule has 1 saturated carbocycles. The molecule has 0 bridgehead atoms. The summed E-state index contributed by atoms with van der Waals surface area (Å²) in [5, 5.41) is 5.93. The van der Waals surface area contributed by atoms with Crippen LogP contribution in [0.2, 0.25) is 0 Å². The van der Waals surface area contributed by atoms with Crippen molar-refractivity contribution in [2.24, 2.45) is 0 Å². The van der Waals surface area contributed by atoms with Crippen molar-refractivity contribution >= 4 is 38.9 Å². The van der Waals surface area contributed by atoms with Gasteiger partial charge in [0.1, 0.15) is 10.6 Å². The molecule has 0 radical (unpaired) electrons. The van der Waals surface area contributed by atoms with E-state index in [1.807, 2.05) is 30.0 Å². The second-order valence-corrected chi connectivity index (χ2v) is 9.73. The number of hydrogen-bond acceptors (Lipinski definition) is 4. The third-order valence-corrected chi connectivity index (χ3v) is 7.55. The number of aromatic nitrogens is 2. The molecule has 0 atom stereocenters. The SMILES string of the molecule is CC(=O)Cc1ccc2c(c1)CCN2C(=O)c1cc2c(C)nn(C3CCCCC3)c2s1. The summed E-state index contributed by atoms with van der Waals surface area (Å²) in [7, 11) is 0. The molecule has 1 aliphatic heterocycles. The van der Waals surface area contributed by atoms with Crippen LogP contribution in [-0.4, -0.2) is 28.0 Å². The quantitative estimate of drug-likeness (QED) is 0.578. The summed E-state index contributed by atoms with van der Waals surface area (Å²) in [5.74, 6) is 0.234. The topological polar surface area (TPSA) is 55.2 Å². The van der Waals surface area contributed by atoms with Gasteiger partial charge in [-0.25, -0.2) is 0 Å². The summed E-state index contributed by atoms with van der Waals surface area (Å²) in [6.45, 7) is 4.35. The van der Waals surface area contributed by atoms with Crippen LogP contribution >= 0.6 is 11.3 Å². The third kappa shape index (κ3) is 3.37. The van der Waals surface area contributed by atoms with E-state index in [4.69, 9.17) is 5.10 Å². The Kier molecular flexibility index (Phi) is 4.97. The van der Waals surface area contributed by atoms with Crippen LogP contribution in [0.4, 0.5) is 5.69 Å². The molecule has 1 aliphatic carbocycles. The fourth-order valence-corrected chi connectivity index (χ4v) is 6.13. The smallest absolute Gasteiger partial charge is 0.268 e. The van der Waals surface area contributed by atoms with E-state index in [9.17, 15) is 9.59 Å². The predicted octanol–water partition coefficient (Wildman–Crippen LogP) is 5.25. The van der Waals surface area contributed by atoms with Gasteiger partial charge in [0.2, 0.25) is 0 Å². The fourth-order valence-electron chi connectivity index (χ4n) is 4.95. The maximum absolute atomic E-state index is 13.4. The number of Topliss-reactive ketones (excluding diaryl/α,β-unsaturated/α-hetero) is 1. The first kappa shape index (κ1) is 19.5. The number of rotatable bonds is 4. The molecule has 1 aromatic carbocycles. The lowest BCUT2D eigenvalue weighted by Crippen LogP contribution is -2.28. The van der Waals surface area contributed by atoms with E-state index in [-0.39, 0.29) is 11.7 Å². The lowest BCUT2D eigenvalue weighted by atomic mass is 9.96. The molecule has 0 spiro atoms. The molecule has 6 heteroatoms. The van der Waals surface area contributed by atoms with Crippen molar-refractivity contribution < 1.29 is 9.59 Å². The molecule has 2 aliphatic rings. The number of benzene rings is 1. The number of hydrogen-bond donors (Lipinski definition) is 0. The Morgan fingerprint density at radius 3 is 2.73 bits per heavy atom. The number of ketones is 1. The Labute approximate surface area is 180 Å². The first-order valence-corrected chi connectivity index (χ1v) is 11.7. The largest absolute Gasteiger partial charge is 0.307 e. The highest BCUT2D eigenvalue weighted by Gasteiger charge is 2.29. The highest BCUT2D eigenvalue weighted by atomic mass is 32.1. The Balaban J connectivity index is 1.44. The van der Waals surface area contributed by atoms with Gasteiger partial charge < -0.3 is 4.90 Å². The van der Waals surface area contributed by atoms with Crippen molar-refractivity contribution in [3.05, 3.63) is 46.0 Å². The Hall–Kier alpha value is -2.47. The van der Waals surface area contributed by atoms with Gasteiger partial charge in [-0.2, -0.15) is 5.10 Å². The average Bonchev–Trinajstić information content (AvgIpc) is 3.42. The molecule has 3 heterocycles. The summed E-state index contributed by atoms with van der Waals surface area (Å²) in [6.07, 6.45) is 7.49. The minimum absolute atomic E-state index is 0.0730. The van der Waals surface area contributed by atoms with E-state index in [0.29, 0.717) is 19.0 Å². The second-order valence-electron chi connectivity index (χ2n) is 8.70. The Morgan fingerprint density at radius 1 is 1.17 bits per heavy atom. The molecule has 30 heavy (non-hydrogen) atoms. The van der Waals surface area contributed by atoms with Gasteiger partial charge >= 0.3 is 0 Å². The summed E-state index contributed by atoms with van der Waals surface area (Å²) < 4.78 is 2.19. The van der Waals surface area contributed by atoms with Crippen LogP contribution in [0.3, 0.4) is 0 Å². The van der Waals surface area contributed by atoms with Crippen molar-refractivity contribution in [1.82, 2.24) is 9.78 Å². The van der Waals surface area contributed by atoms with Gasteiger partial charge in [0.05, 0.1) is 16.6 Å². The van der Waals surface area contributed by atoms with Crippen LogP contribution in [0.15, 0.2) is 24.3 Å². The van der Waals surface area contributed by atoms with Crippen molar-refractivity contribution in [2.75, 3.05) is 11.4 Å². The Morgan fingerprint density at radius 2 is 1.97 bits per heavy atom. The summed E-state index contributed by atoms with van der Waals surface area (Å²) in [4.78, 5) is 28.6. The normalized spacial score (nSPS) is 16.9. The van der Waals surface area contributed by atoms with Crippen LogP contribution < -0.4 is 4.90 Å². The number of aryl methyl sites for hydroxylation is 1. The predicted molar refractivity (Wildman–Crippen MR) is 121 cm³/mol.